The molecule has 1 saturated heterocycles. The molecule has 0 saturated carbocycles. The molecule has 1 aliphatic carbocycles. The summed E-state index contributed by atoms with van der Waals surface area (Å²) in [5.41, 5.74) is 1.71. The maximum atomic E-state index is 13.7. The molecule has 2 amide bonds. The van der Waals surface area contributed by atoms with E-state index >= 15 is 0 Å². The number of carbonyl (C=O) groups excluding carboxylic acids is 1. The first kappa shape index (κ1) is 15.3. The van der Waals surface area contributed by atoms with E-state index in [9.17, 15) is 9.18 Å². The van der Waals surface area contributed by atoms with Gasteiger partial charge in [-0.15, -0.1) is 0 Å². The molecular formula is C17H24FN3O. The molecule has 4 nitrogen and oxygen atoms in total. The highest BCUT2D eigenvalue weighted by Crippen LogP contribution is 2.33. The number of fused-ring (bicyclic) bond motifs is 1. The average Bonchev–Trinajstić information content (AvgIpc) is 3.07. The fourth-order valence-electron chi connectivity index (χ4n) is 3.68. The molecule has 2 aliphatic rings. The molecule has 3 rings (SSSR count). The Morgan fingerprint density at radius 3 is 3.00 bits per heavy atom. The number of carbonyl (C=O) groups is 1. The van der Waals surface area contributed by atoms with E-state index in [1.165, 1.54) is 6.07 Å². The third-order valence-electron chi connectivity index (χ3n) is 4.71. The van der Waals surface area contributed by atoms with Crippen LogP contribution in [-0.2, 0) is 6.42 Å². The van der Waals surface area contributed by atoms with Crippen LogP contribution in [0.4, 0.5) is 9.18 Å². The number of nitrogens with zero attached hydrogens (tertiary/aromatic N) is 2. The van der Waals surface area contributed by atoms with E-state index in [0.717, 1.165) is 43.6 Å². The summed E-state index contributed by atoms with van der Waals surface area (Å²) in [5.74, 6) is 0.399. The minimum Gasteiger partial charge on any atom is -0.331 e. The Kier molecular flexibility index (Phi) is 4.34. The molecule has 0 aromatic heterocycles. The van der Waals surface area contributed by atoms with Crippen molar-refractivity contribution in [3.63, 3.8) is 0 Å². The number of benzene rings is 1. The first-order chi connectivity index (χ1) is 10.5. The third kappa shape index (κ3) is 3.09. The molecule has 5 heteroatoms. The molecule has 0 bridgehead atoms. The largest absolute Gasteiger partial charge is 0.331 e. The molecule has 0 unspecified atom stereocenters. The maximum absolute atomic E-state index is 13.7. The molecule has 0 radical (unpaired) electrons. The van der Waals surface area contributed by atoms with Gasteiger partial charge in [0.1, 0.15) is 5.82 Å². The number of urea groups is 1. The van der Waals surface area contributed by atoms with Crippen LogP contribution in [0, 0.1) is 11.7 Å². The molecular weight excluding hydrogens is 281 g/mol. The van der Waals surface area contributed by atoms with E-state index in [0.29, 0.717) is 12.3 Å². The Bertz CT molecular complexity index is 561. The molecule has 22 heavy (non-hydrogen) atoms. The lowest BCUT2D eigenvalue weighted by molar-refractivity contribution is 0.201. The van der Waals surface area contributed by atoms with E-state index in [1.54, 1.807) is 6.07 Å². The summed E-state index contributed by atoms with van der Waals surface area (Å²) in [6.45, 7) is 2.64. The van der Waals surface area contributed by atoms with Gasteiger partial charge >= 0.3 is 6.03 Å². The van der Waals surface area contributed by atoms with Gasteiger partial charge in [-0.25, -0.2) is 9.18 Å². The van der Waals surface area contributed by atoms with Crippen molar-refractivity contribution in [1.29, 1.82) is 0 Å². The summed E-state index contributed by atoms with van der Waals surface area (Å²) in [5, 5.41) is 3.08. The number of likely N-dealkylation sites (tertiary alicyclic amines) is 1. The predicted molar refractivity (Wildman–Crippen MR) is 84.2 cm³/mol. The summed E-state index contributed by atoms with van der Waals surface area (Å²) in [4.78, 5) is 16.5. The van der Waals surface area contributed by atoms with Crippen LogP contribution in [0.15, 0.2) is 18.2 Å². The second-order valence-electron chi connectivity index (χ2n) is 6.71. The minimum atomic E-state index is -0.151. The monoisotopic (exact) mass is 305 g/mol. The number of halogens is 1. The van der Waals surface area contributed by atoms with Crippen LogP contribution < -0.4 is 5.32 Å². The highest BCUT2D eigenvalue weighted by atomic mass is 19.1. The van der Waals surface area contributed by atoms with Gasteiger partial charge in [0.15, 0.2) is 0 Å². The van der Waals surface area contributed by atoms with E-state index in [2.05, 4.69) is 24.3 Å². The fraction of sp³-hybridized carbons (Fsp3) is 0.588. The smallest absolute Gasteiger partial charge is 0.317 e. The molecule has 1 heterocycles. The Morgan fingerprint density at radius 2 is 2.23 bits per heavy atom. The molecule has 1 N–H and O–H groups in total. The van der Waals surface area contributed by atoms with Crippen molar-refractivity contribution < 1.29 is 9.18 Å². The van der Waals surface area contributed by atoms with Crippen molar-refractivity contribution in [3.05, 3.63) is 35.1 Å². The van der Waals surface area contributed by atoms with Crippen LogP contribution in [-0.4, -0.2) is 49.6 Å². The van der Waals surface area contributed by atoms with Gasteiger partial charge in [-0.1, -0.05) is 12.1 Å². The Balaban J connectivity index is 1.59. The van der Waals surface area contributed by atoms with Crippen molar-refractivity contribution in [2.24, 2.45) is 5.92 Å². The molecule has 120 valence electrons. The predicted octanol–water partition coefficient (Wildman–Crippen LogP) is 2.41. The van der Waals surface area contributed by atoms with Crippen molar-refractivity contribution in [3.8, 4) is 0 Å². The van der Waals surface area contributed by atoms with E-state index < -0.39 is 0 Å². The summed E-state index contributed by atoms with van der Waals surface area (Å²) in [6, 6.07) is 5.08. The molecule has 2 atom stereocenters. The second-order valence-corrected chi connectivity index (χ2v) is 6.71. The fourth-order valence-corrected chi connectivity index (χ4v) is 3.68. The summed E-state index contributed by atoms with van der Waals surface area (Å²) < 4.78 is 13.7. The zero-order valence-corrected chi connectivity index (χ0v) is 13.3. The Morgan fingerprint density at radius 1 is 1.41 bits per heavy atom. The first-order valence-electron chi connectivity index (χ1n) is 8.02. The molecule has 1 aromatic rings. The summed E-state index contributed by atoms with van der Waals surface area (Å²) in [6.07, 6.45) is 2.55. The van der Waals surface area contributed by atoms with Crippen molar-refractivity contribution in [2.45, 2.75) is 25.3 Å². The lowest BCUT2D eigenvalue weighted by atomic mass is 10.1. The zero-order valence-electron chi connectivity index (χ0n) is 13.3. The number of amides is 2. The van der Waals surface area contributed by atoms with Gasteiger partial charge in [-0.05, 0) is 56.5 Å². The Hall–Kier alpha value is -1.62. The highest BCUT2D eigenvalue weighted by Gasteiger charge is 2.30. The minimum absolute atomic E-state index is 0.0108. The van der Waals surface area contributed by atoms with Crippen molar-refractivity contribution in [2.75, 3.05) is 33.7 Å². The molecule has 1 aromatic carbocycles. The first-order valence-corrected chi connectivity index (χ1v) is 8.02. The van der Waals surface area contributed by atoms with Crippen LogP contribution in [0.2, 0.25) is 0 Å². The van der Waals surface area contributed by atoms with Gasteiger partial charge in [0.05, 0.1) is 6.04 Å². The van der Waals surface area contributed by atoms with Crippen LogP contribution in [0.25, 0.3) is 0 Å². The van der Waals surface area contributed by atoms with Gasteiger partial charge < -0.3 is 15.1 Å². The maximum Gasteiger partial charge on any atom is 0.317 e. The van der Waals surface area contributed by atoms with Crippen molar-refractivity contribution >= 4 is 6.03 Å². The third-order valence-corrected chi connectivity index (χ3v) is 4.71. The van der Waals surface area contributed by atoms with Gasteiger partial charge in [-0.2, -0.15) is 0 Å². The second kappa shape index (κ2) is 6.24. The van der Waals surface area contributed by atoms with Gasteiger partial charge in [0.2, 0.25) is 0 Å². The number of hydrogen-bond acceptors (Lipinski definition) is 2. The van der Waals surface area contributed by atoms with E-state index in [4.69, 9.17) is 0 Å². The zero-order chi connectivity index (χ0) is 15.7. The Labute approximate surface area is 131 Å². The highest BCUT2D eigenvalue weighted by molar-refractivity contribution is 5.75. The van der Waals surface area contributed by atoms with Gasteiger partial charge in [0.25, 0.3) is 0 Å². The lowest BCUT2D eigenvalue weighted by Gasteiger charge is -2.22. The number of hydrogen-bond donors (Lipinski definition) is 1. The summed E-state index contributed by atoms with van der Waals surface area (Å²) >= 11 is 0. The average molecular weight is 305 g/mol. The van der Waals surface area contributed by atoms with Gasteiger partial charge in [0, 0.05) is 19.6 Å². The number of nitrogens with one attached hydrogen (secondary N) is 1. The van der Waals surface area contributed by atoms with Crippen LogP contribution in [0.1, 0.15) is 30.0 Å². The summed E-state index contributed by atoms with van der Waals surface area (Å²) in [7, 11) is 4.12. The molecule has 1 fully saturated rings. The normalized spacial score (nSPS) is 23.9. The topological polar surface area (TPSA) is 35.6 Å². The molecule has 0 spiro atoms. The van der Waals surface area contributed by atoms with E-state index in [1.807, 2.05) is 11.0 Å². The van der Waals surface area contributed by atoms with Crippen LogP contribution in [0.5, 0.6) is 0 Å². The standard InChI is InChI=1S/C17H24FN3O/c1-20(2)10-12-8-9-21(11-12)17(22)19-16-7-6-13-14(16)4-3-5-15(13)18/h3-5,12,16H,6-11H2,1-2H3,(H,19,22)/t12-,16+/m0/s1. The lowest BCUT2D eigenvalue weighted by Crippen LogP contribution is -2.40. The quantitative estimate of drug-likeness (QED) is 0.931. The number of rotatable bonds is 3. The van der Waals surface area contributed by atoms with Crippen LogP contribution in [0.3, 0.4) is 0 Å². The molecule has 1 aliphatic heterocycles. The van der Waals surface area contributed by atoms with Gasteiger partial charge in [-0.3, -0.25) is 0 Å². The van der Waals surface area contributed by atoms with Crippen molar-refractivity contribution in [1.82, 2.24) is 15.1 Å². The SMILES string of the molecule is CN(C)C[C@@H]1CCN(C(=O)N[C@@H]2CCc3c(F)cccc32)C1. The van der Waals surface area contributed by atoms with Crippen LogP contribution >= 0.6 is 0 Å². The van der Waals surface area contributed by atoms with E-state index in [-0.39, 0.29) is 17.9 Å².